The Morgan fingerprint density at radius 2 is 1.92 bits per heavy atom. The molecule has 0 saturated carbocycles. The molecule has 140 valence electrons. The van der Waals surface area contributed by atoms with E-state index in [4.69, 9.17) is 0 Å². The molecule has 2 aromatic rings. The van der Waals surface area contributed by atoms with Crippen molar-refractivity contribution in [2.45, 2.75) is 35.4 Å². The molecule has 1 fully saturated rings. The van der Waals surface area contributed by atoms with E-state index >= 15 is 0 Å². The number of thioether (sulfide) groups is 1. The Bertz CT molecular complexity index is 859. The summed E-state index contributed by atoms with van der Waals surface area (Å²) in [5.41, 5.74) is 0.378. The third kappa shape index (κ3) is 4.43. The molecule has 1 saturated heterocycles. The maximum atomic E-state index is 12.5. The summed E-state index contributed by atoms with van der Waals surface area (Å²) in [5, 5.41) is 11.1. The molecule has 10 heteroatoms. The maximum Gasteiger partial charge on any atom is 0.257 e. The minimum Gasteiger partial charge on any atom is -0.296 e. The molecule has 0 spiro atoms. The van der Waals surface area contributed by atoms with Crippen LogP contribution in [0.15, 0.2) is 33.5 Å². The molecular formula is C16H20N4O3S3. The van der Waals surface area contributed by atoms with Crippen molar-refractivity contribution in [3.8, 4) is 0 Å². The monoisotopic (exact) mass is 412 g/mol. The molecule has 3 rings (SSSR count). The first-order valence-electron chi connectivity index (χ1n) is 8.38. The van der Waals surface area contributed by atoms with E-state index in [1.807, 2.05) is 0 Å². The molecule has 1 aliphatic heterocycles. The molecular weight excluding hydrogens is 392 g/mol. The lowest BCUT2D eigenvalue weighted by Crippen LogP contribution is -2.27. The van der Waals surface area contributed by atoms with Crippen LogP contribution in [-0.2, 0) is 10.0 Å². The van der Waals surface area contributed by atoms with Crippen LogP contribution in [0.5, 0.6) is 0 Å². The molecule has 0 unspecified atom stereocenters. The number of carbonyl (C=O) groups is 1. The maximum absolute atomic E-state index is 12.5. The molecule has 0 bridgehead atoms. The van der Waals surface area contributed by atoms with Gasteiger partial charge in [0.25, 0.3) is 5.91 Å². The van der Waals surface area contributed by atoms with Gasteiger partial charge in [-0.15, -0.1) is 10.2 Å². The van der Waals surface area contributed by atoms with Gasteiger partial charge in [0.1, 0.15) is 0 Å². The van der Waals surface area contributed by atoms with Crippen molar-refractivity contribution in [2.75, 3.05) is 24.2 Å². The minimum absolute atomic E-state index is 0.213. The van der Waals surface area contributed by atoms with E-state index in [1.165, 1.54) is 39.9 Å². The number of aromatic nitrogens is 2. The Morgan fingerprint density at radius 3 is 2.58 bits per heavy atom. The van der Waals surface area contributed by atoms with Crippen LogP contribution in [0.3, 0.4) is 0 Å². The summed E-state index contributed by atoms with van der Waals surface area (Å²) in [7, 11) is -3.47. The van der Waals surface area contributed by atoms with E-state index in [9.17, 15) is 13.2 Å². The zero-order valence-corrected chi connectivity index (χ0v) is 16.8. The average molecular weight is 413 g/mol. The standard InChI is InChI=1S/C16H20N4O3S3/c1-2-11-24-16-19-18-15(25-16)17-14(21)12-5-7-13(8-6-12)26(22,23)20-9-3-4-10-20/h5-8H,2-4,9-11H2,1H3,(H,17,18,21). The predicted molar refractivity (Wildman–Crippen MR) is 103 cm³/mol. The number of anilines is 1. The normalized spacial score (nSPS) is 15.3. The van der Waals surface area contributed by atoms with E-state index in [-0.39, 0.29) is 10.8 Å². The topological polar surface area (TPSA) is 92.3 Å². The second-order valence-corrected chi connectivity index (χ2v) is 10.1. The summed E-state index contributed by atoms with van der Waals surface area (Å²) in [5.74, 6) is 0.619. The first kappa shape index (κ1) is 19.3. The lowest BCUT2D eigenvalue weighted by molar-refractivity contribution is 0.102. The van der Waals surface area contributed by atoms with Gasteiger partial charge in [-0.05, 0) is 43.5 Å². The summed E-state index contributed by atoms with van der Waals surface area (Å²) < 4.78 is 27.3. The van der Waals surface area contributed by atoms with Gasteiger partial charge in [0, 0.05) is 24.4 Å². The molecule has 1 N–H and O–H groups in total. The van der Waals surface area contributed by atoms with Gasteiger partial charge in [-0.3, -0.25) is 10.1 Å². The Labute approximate surface area is 161 Å². The third-order valence-corrected chi connectivity index (χ3v) is 7.97. The second kappa shape index (κ2) is 8.47. The van der Waals surface area contributed by atoms with Gasteiger partial charge in [-0.25, -0.2) is 8.42 Å². The Balaban J connectivity index is 1.66. The fourth-order valence-electron chi connectivity index (χ4n) is 2.53. The largest absolute Gasteiger partial charge is 0.296 e. The first-order valence-corrected chi connectivity index (χ1v) is 11.6. The Morgan fingerprint density at radius 1 is 1.23 bits per heavy atom. The van der Waals surface area contributed by atoms with Crippen LogP contribution in [-0.4, -0.2) is 47.7 Å². The van der Waals surface area contributed by atoms with E-state index in [0.717, 1.165) is 29.4 Å². The molecule has 1 aromatic carbocycles. The van der Waals surface area contributed by atoms with Gasteiger partial charge in [-0.2, -0.15) is 4.31 Å². The van der Waals surface area contributed by atoms with Crippen molar-refractivity contribution < 1.29 is 13.2 Å². The molecule has 26 heavy (non-hydrogen) atoms. The van der Waals surface area contributed by atoms with Crippen LogP contribution in [0.2, 0.25) is 0 Å². The van der Waals surface area contributed by atoms with Crippen LogP contribution < -0.4 is 5.32 Å². The number of sulfonamides is 1. The Kier molecular flexibility index (Phi) is 6.28. The van der Waals surface area contributed by atoms with Crippen LogP contribution in [0.25, 0.3) is 0 Å². The smallest absolute Gasteiger partial charge is 0.257 e. The highest BCUT2D eigenvalue weighted by Crippen LogP contribution is 2.26. The van der Waals surface area contributed by atoms with E-state index in [0.29, 0.717) is 23.8 Å². The summed E-state index contributed by atoms with van der Waals surface area (Å²) in [6.45, 7) is 3.20. The van der Waals surface area contributed by atoms with Gasteiger partial charge < -0.3 is 0 Å². The van der Waals surface area contributed by atoms with E-state index in [2.05, 4.69) is 22.4 Å². The molecule has 0 aliphatic carbocycles. The number of nitrogens with zero attached hydrogens (tertiary/aromatic N) is 3. The van der Waals surface area contributed by atoms with Crippen molar-refractivity contribution in [2.24, 2.45) is 0 Å². The summed E-state index contributed by atoms with van der Waals surface area (Å²) in [4.78, 5) is 12.5. The third-order valence-electron chi connectivity index (χ3n) is 3.88. The summed E-state index contributed by atoms with van der Waals surface area (Å²) in [6, 6.07) is 5.99. The Hall–Kier alpha value is -1.49. The highest BCUT2D eigenvalue weighted by Gasteiger charge is 2.27. The van der Waals surface area contributed by atoms with Crippen LogP contribution in [0.1, 0.15) is 36.5 Å². The van der Waals surface area contributed by atoms with Gasteiger partial charge in [0.15, 0.2) is 4.34 Å². The van der Waals surface area contributed by atoms with Crippen LogP contribution >= 0.6 is 23.1 Å². The highest BCUT2D eigenvalue weighted by atomic mass is 32.2. The predicted octanol–water partition coefficient (Wildman–Crippen LogP) is 3.08. The number of hydrogen-bond donors (Lipinski definition) is 1. The zero-order chi connectivity index (χ0) is 18.6. The molecule has 2 heterocycles. The fraction of sp³-hybridized carbons (Fsp3) is 0.438. The number of rotatable bonds is 7. The number of carbonyl (C=O) groups excluding carboxylic acids is 1. The molecule has 0 radical (unpaired) electrons. The van der Waals surface area contributed by atoms with Crippen molar-refractivity contribution >= 4 is 44.2 Å². The quantitative estimate of drug-likeness (QED) is 0.555. The molecule has 0 atom stereocenters. The molecule has 7 nitrogen and oxygen atoms in total. The van der Waals surface area contributed by atoms with Crippen molar-refractivity contribution in [3.63, 3.8) is 0 Å². The van der Waals surface area contributed by atoms with E-state index in [1.54, 1.807) is 11.8 Å². The van der Waals surface area contributed by atoms with Crippen molar-refractivity contribution in [3.05, 3.63) is 29.8 Å². The van der Waals surface area contributed by atoms with E-state index < -0.39 is 10.0 Å². The minimum atomic E-state index is -3.47. The number of hydrogen-bond acceptors (Lipinski definition) is 7. The first-order chi connectivity index (χ1) is 12.5. The average Bonchev–Trinajstić information content (AvgIpc) is 3.32. The van der Waals surface area contributed by atoms with Gasteiger partial charge >= 0.3 is 0 Å². The molecule has 1 aromatic heterocycles. The molecule has 1 aliphatic rings. The van der Waals surface area contributed by atoms with Gasteiger partial charge in [0.2, 0.25) is 15.2 Å². The summed E-state index contributed by atoms with van der Waals surface area (Å²) >= 11 is 2.93. The van der Waals surface area contributed by atoms with Gasteiger partial charge in [0.05, 0.1) is 4.90 Å². The fourth-order valence-corrected chi connectivity index (χ4v) is 5.72. The van der Waals surface area contributed by atoms with Crippen LogP contribution in [0.4, 0.5) is 5.13 Å². The van der Waals surface area contributed by atoms with Crippen molar-refractivity contribution in [1.29, 1.82) is 0 Å². The second-order valence-electron chi connectivity index (χ2n) is 5.81. The number of nitrogens with one attached hydrogen (secondary N) is 1. The number of amides is 1. The summed E-state index contributed by atoms with van der Waals surface area (Å²) in [6.07, 6.45) is 2.82. The zero-order valence-electron chi connectivity index (χ0n) is 14.3. The SMILES string of the molecule is CCCSc1nnc(NC(=O)c2ccc(S(=O)(=O)N3CCCC3)cc2)s1. The van der Waals surface area contributed by atoms with Gasteiger partial charge in [-0.1, -0.05) is 30.0 Å². The lowest BCUT2D eigenvalue weighted by atomic mass is 10.2. The van der Waals surface area contributed by atoms with Crippen LogP contribution in [0, 0.1) is 0 Å². The number of benzene rings is 1. The molecule has 1 amide bonds. The lowest BCUT2D eigenvalue weighted by Gasteiger charge is -2.15. The van der Waals surface area contributed by atoms with Crippen molar-refractivity contribution in [1.82, 2.24) is 14.5 Å². The highest BCUT2D eigenvalue weighted by molar-refractivity contribution is 8.01.